The molecule has 1 aromatic heterocycles. The number of fused-ring (bicyclic) bond motifs is 8. The molecular weight excluding hydrogens is 581 g/mol. The van der Waals surface area contributed by atoms with Crippen molar-refractivity contribution in [3.8, 4) is 44.5 Å². The SMILES string of the molecule is [2H]c1c([2H])c(-c2c([2H])c([2H])c3c(c2[2H])-c2c([2H])c([2H])c([2H])c([2H])c2C3(C)C([2H])([2H])[2H])c([2H])c(-c2c3c([2H])c([2H])c([2H])c([2H])c3c(-c3c([2H])c([2H])c([2H])c4oc5c([2H])c([2H])c([2H])c([2H])c5c34)c3c([2H])c([2H])c([2H])c([2H])c23)c1[2H]. The Morgan fingerprint density at radius 1 is 0.458 bits per heavy atom. The summed E-state index contributed by atoms with van der Waals surface area (Å²) in [5.74, 6) is 0. The van der Waals surface area contributed by atoms with Gasteiger partial charge in [0.05, 0.1) is 35.6 Å². The van der Waals surface area contributed by atoms with Crippen molar-refractivity contribution >= 4 is 43.5 Å². The van der Waals surface area contributed by atoms with Crippen LogP contribution in [0.1, 0.15) is 64.7 Å². The summed E-state index contributed by atoms with van der Waals surface area (Å²) in [5.41, 5.74) is -10.9. The van der Waals surface area contributed by atoms with Gasteiger partial charge in [0.2, 0.25) is 0 Å². The zero-order valence-corrected chi connectivity index (χ0v) is 24.4. The van der Waals surface area contributed by atoms with Crippen LogP contribution in [0.5, 0.6) is 0 Å². The molecule has 1 heterocycles. The highest BCUT2D eigenvalue weighted by Gasteiger charge is 2.35. The Morgan fingerprint density at radius 2 is 1.02 bits per heavy atom. The highest BCUT2D eigenvalue weighted by atomic mass is 16.3. The first-order valence-electron chi connectivity index (χ1n) is 28.9. The van der Waals surface area contributed by atoms with Gasteiger partial charge in [-0.25, -0.2) is 0 Å². The zero-order valence-electron chi connectivity index (χ0n) is 53.4. The summed E-state index contributed by atoms with van der Waals surface area (Å²) < 4.78 is 269. The summed E-state index contributed by atoms with van der Waals surface area (Å²) in [6.07, 6.45) is 0. The summed E-state index contributed by atoms with van der Waals surface area (Å²) in [6.45, 7) is -2.17. The topological polar surface area (TPSA) is 13.1 Å². The second-order valence-electron chi connectivity index (χ2n) is 11.1. The van der Waals surface area contributed by atoms with Gasteiger partial charge in [0.1, 0.15) is 11.2 Å². The van der Waals surface area contributed by atoms with E-state index in [1.165, 1.54) is 0 Å². The van der Waals surface area contributed by atoms with Gasteiger partial charge < -0.3 is 4.42 Å². The van der Waals surface area contributed by atoms with Crippen molar-refractivity contribution < 1.29 is 44.2 Å². The summed E-state index contributed by atoms with van der Waals surface area (Å²) in [5, 5.41) is -4.10. The van der Waals surface area contributed by atoms with E-state index in [-0.39, 0.29) is 0 Å². The van der Waals surface area contributed by atoms with Gasteiger partial charge in [0.15, 0.2) is 0 Å². The fourth-order valence-corrected chi connectivity index (χ4v) is 6.36. The number of furan rings is 1. The van der Waals surface area contributed by atoms with Crippen LogP contribution in [0.25, 0.3) is 88.0 Å². The molecule has 1 aliphatic carbocycles. The van der Waals surface area contributed by atoms with Crippen molar-refractivity contribution in [1.29, 1.82) is 0 Å². The lowest BCUT2D eigenvalue weighted by Crippen LogP contribution is -2.14. The van der Waals surface area contributed by atoms with E-state index in [4.69, 9.17) is 27.7 Å². The minimum absolute atomic E-state index is 0.496. The van der Waals surface area contributed by atoms with Crippen molar-refractivity contribution in [3.63, 3.8) is 0 Å². The largest absolute Gasteiger partial charge is 0.456 e. The lowest BCUT2D eigenvalue weighted by atomic mass is 9.82. The van der Waals surface area contributed by atoms with Crippen molar-refractivity contribution in [3.05, 3.63) is 168 Å². The van der Waals surface area contributed by atoms with E-state index < -0.39 is 268 Å². The average molecular weight is 642 g/mol. The van der Waals surface area contributed by atoms with E-state index in [0.29, 0.717) is 0 Å². The second-order valence-corrected chi connectivity index (χ2v) is 11.1. The molecule has 1 aliphatic rings. The molecule has 9 aromatic rings. The van der Waals surface area contributed by atoms with Gasteiger partial charge in [-0.15, -0.1) is 0 Å². The van der Waals surface area contributed by atoms with Gasteiger partial charge in [-0.1, -0.05) is 147 Å². The van der Waals surface area contributed by atoms with E-state index in [2.05, 4.69) is 0 Å². The highest BCUT2D eigenvalue weighted by molar-refractivity contribution is 6.25. The van der Waals surface area contributed by atoms with Gasteiger partial charge in [0.25, 0.3) is 0 Å². The lowest BCUT2D eigenvalue weighted by molar-refractivity contribution is 0.660. The maximum atomic E-state index is 9.97. The third-order valence-corrected chi connectivity index (χ3v) is 8.45. The van der Waals surface area contributed by atoms with E-state index in [0.717, 1.165) is 6.92 Å². The third kappa shape index (κ3) is 3.79. The maximum Gasteiger partial charge on any atom is 0.136 e. The van der Waals surface area contributed by atoms with Crippen LogP contribution in [-0.4, -0.2) is 0 Å². The van der Waals surface area contributed by atoms with Gasteiger partial charge in [0, 0.05) is 20.3 Å². The summed E-state index contributed by atoms with van der Waals surface area (Å²) in [7, 11) is 0. The maximum absolute atomic E-state index is 9.97. The first-order valence-corrected chi connectivity index (χ1v) is 14.4. The summed E-state index contributed by atoms with van der Waals surface area (Å²) >= 11 is 0. The molecule has 0 radical (unpaired) electrons. The van der Waals surface area contributed by atoms with Gasteiger partial charge >= 0.3 is 0 Å². The molecule has 0 saturated heterocycles. The number of para-hydroxylation sites is 1. The molecule has 0 N–H and O–H groups in total. The summed E-state index contributed by atoms with van der Waals surface area (Å²) in [4.78, 5) is 0. The molecule has 0 aliphatic heterocycles. The minimum atomic E-state index is -3.22. The molecule has 0 fully saturated rings. The van der Waals surface area contributed by atoms with Crippen LogP contribution >= 0.6 is 0 Å². The predicted molar refractivity (Wildman–Crippen MR) is 203 cm³/mol. The highest BCUT2D eigenvalue weighted by Crippen LogP contribution is 2.50. The van der Waals surface area contributed by atoms with Crippen LogP contribution in [0.3, 0.4) is 0 Å². The molecule has 0 spiro atoms. The number of rotatable bonds is 3. The summed E-state index contributed by atoms with van der Waals surface area (Å²) in [6, 6.07) is -25.0. The molecule has 226 valence electrons. The van der Waals surface area contributed by atoms with Crippen molar-refractivity contribution in [2.24, 2.45) is 0 Å². The first-order chi connectivity index (χ1) is 35.7. The number of benzene rings is 8. The first kappa shape index (κ1) is 11.1. The van der Waals surface area contributed by atoms with Crippen LogP contribution < -0.4 is 0 Å². The molecule has 8 aromatic carbocycles. The van der Waals surface area contributed by atoms with Crippen LogP contribution in [-0.2, 0) is 5.41 Å². The Labute approximate surface area is 320 Å². The Hall–Kier alpha value is -5.92. The Kier molecular flexibility index (Phi) is 2.32. The average Bonchev–Trinajstić information content (AvgIpc) is 3.92. The molecule has 1 heteroatoms. The normalized spacial score (nSPS) is 24.1. The molecule has 0 bridgehead atoms. The molecule has 48 heavy (non-hydrogen) atoms. The zero-order chi connectivity index (χ0) is 57.1. The molecule has 1 unspecified atom stereocenters. The molecule has 0 saturated carbocycles. The van der Waals surface area contributed by atoms with E-state index in [1.54, 1.807) is 0 Å². The second kappa shape index (κ2) is 10.0. The standard InChI is InChI=1S/C47H32O/c1-47(2)40-22-9-7-15-32(40)39-28-30(25-26-41(39)47)29-13-11-14-31(27-29)44-33-16-3-5-18-35(33)45(36-19-6-4-17-34(36)44)38-21-12-24-43-46(38)37-20-8-10-23-42(37)48-43/h3-28H,1-2H3/i1D3,3D,4D,5D,6D,7D,8D,9D,10D,11D,12D,13D,14D,15D,16D,17D,18D,19D,20D,21D,22D,23D,24D,25D,26D,27D,28D. The molecule has 0 amide bonds. The van der Waals surface area contributed by atoms with Crippen molar-refractivity contribution in [2.45, 2.75) is 19.2 Å². The van der Waals surface area contributed by atoms with Gasteiger partial charge in [-0.3, -0.25) is 0 Å². The Bertz CT molecular complexity index is 4260. The predicted octanol–water partition coefficient (Wildman–Crippen LogP) is 13.2. The van der Waals surface area contributed by atoms with Crippen LogP contribution in [0.4, 0.5) is 0 Å². The smallest absolute Gasteiger partial charge is 0.136 e. The third-order valence-electron chi connectivity index (χ3n) is 8.45. The van der Waals surface area contributed by atoms with Crippen molar-refractivity contribution in [2.75, 3.05) is 0 Å². The monoisotopic (exact) mass is 641 g/mol. The number of hydrogen-bond acceptors (Lipinski definition) is 1. The lowest BCUT2D eigenvalue weighted by Gasteiger charge is -2.21. The quantitative estimate of drug-likeness (QED) is 0.175. The number of hydrogen-bond donors (Lipinski definition) is 0. The molecule has 1 atom stereocenters. The van der Waals surface area contributed by atoms with Crippen LogP contribution in [0, 0.1) is 0 Å². The Morgan fingerprint density at radius 3 is 1.79 bits per heavy atom. The van der Waals surface area contributed by atoms with E-state index >= 15 is 0 Å². The van der Waals surface area contributed by atoms with E-state index in [1.807, 2.05) is 0 Å². The fourth-order valence-electron chi connectivity index (χ4n) is 6.36. The van der Waals surface area contributed by atoms with E-state index in [9.17, 15) is 16.4 Å². The fraction of sp³-hybridized carbons (Fsp3) is 0.0638. The van der Waals surface area contributed by atoms with Crippen LogP contribution in [0.15, 0.2) is 162 Å². The van der Waals surface area contributed by atoms with Crippen LogP contribution in [0.2, 0.25) is 0 Å². The van der Waals surface area contributed by atoms with Gasteiger partial charge in [-0.2, -0.15) is 0 Å². The molecule has 10 rings (SSSR count). The molecule has 1 nitrogen and oxygen atoms in total. The molecular formula is C47H32O. The minimum Gasteiger partial charge on any atom is -0.456 e. The van der Waals surface area contributed by atoms with Gasteiger partial charge in [-0.05, 0) is 101 Å². The van der Waals surface area contributed by atoms with Crippen molar-refractivity contribution in [1.82, 2.24) is 0 Å². The Balaban J connectivity index is 1.48.